The smallest absolute Gasteiger partial charge is 0.420 e. The molecule has 2 saturated heterocycles. The van der Waals surface area contributed by atoms with E-state index in [2.05, 4.69) is 51.0 Å². The topological polar surface area (TPSA) is 65.7 Å². The van der Waals surface area contributed by atoms with Crippen LogP contribution in [0.3, 0.4) is 0 Å². The van der Waals surface area contributed by atoms with E-state index in [4.69, 9.17) is 4.42 Å². The van der Waals surface area contributed by atoms with E-state index < -0.39 is 23.4 Å². The van der Waals surface area contributed by atoms with Crippen molar-refractivity contribution < 1.29 is 22.4 Å². The van der Waals surface area contributed by atoms with Crippen molar-refractivity contribution in [1.82, 2.24) is 14.9 Å². The van der Waals surface area contributed by atoms with E-state index in [0.29, 0.717) is 18.7 Å². The number of oxazole rings is 1. The summed E-state index contributed by atoms with van der Waals surface area (Å²) in [7, 11) is 0. The van der Waals surface area contributed by atoms with Crippen molar-refractivity contribution in [3.63, 3.8) is 0 Å². The SMILES string of the molecule is Cc1ccccc1CCN1CCN(c2ccc(CC(=O)c3oc(N4CCCCC4)nc3C(F)(F)F)cn2)CC1. The van der Waals surface area contributed by atoms with Crippen molar-refractivity contribution in [2.75, 3.05) is 55.6 Å². The maximum atomic E-state index is 13.7. The number of benzene rings is 1. The molecule has 10 heteroatoms. The molecule has 2 aliphatic rings. The Morgan fingerprint density at radius 1 is 0.949 bits per heavy atom. The van der Waals surface area contributed by atoms with Gasteiger partial charge in [-0.2, -0.15) is 18.2 Å². The zero-order chi connectivity index (χ0) is 27.4. The van der Waals surface area contributed by atoms with Crippen LogP contribution in [0.5, 0.6) is 0 Å². The number of halogens is 3. The highest BCUT2D eigenvalue weighted by molar-refractivity contribution is 5.96. The molecule has 0 bridgehead atoms. The minimum Gasteiger partial charge on any atom is -0.420 e. The number of hydrogen-bond donors (Lipinski definition) is 0. The van der Waals surface area contributed by atoms with Gasteiger partial charge in [0.2, 0.25) is 11.5 Å². The van der Waals surface area contributed by atoms with Gasteiger partial charge >= 0.3 is 6.18 Å². The van der Waals surface area contributed by atoms with Crippen LogP contribution in [-0.4, -0.2) is 66.5 Å². The number of hydrogen-bond acceptors (Lipinski definition) is 7. The average Bonchev–Trinajstić information content (AvgIpc) is 3.41. The summed E-state index contributed by atoms with van der Waals surface area (Å²) in [5.41, 5.74) is 1.98. The van der Waals surface area contributed by atoms with Crippen molar-refractivity contribution in [2.45, 2.75) is 45.2 Å². The molecular formula is C29H34F3N5O2. The minimum absolute atomic E-state index is 0.128. The summed E-state index contributed by atoms with van der Waals surface area (Å²) in [6, 6.07) is 11.9. The number of alkyl halides is 3. The third-order valence-corrected chi connectivity index (χ3v) is 7.59. The predicted molar refractivity (Wildman–Crippen MR) is 143 cm³/mol. The van der Waals surface area contributed by atoms with Crippen molar-refractivity contribution in [3.05, 3.63) is 70.7 Å². The van der Waals surface area contributed by atoms with E-state index in [-0.39, 0.29) is 12.4 Å². The maximum absolute atomic E-state index is 13.7. The molecule has 0 radical (unpaired) electrons. The summed E-state index contributed by atoms with van der Waals surface area (Å²) in [5.74, 6) is -0.684. The zero-order valence-electron chi connectivity index (χ0n) is 22.2. The second-order valence-corrected chi connectivity index (χ2v) is 10.3. The molecule has 0 aliphatic carbocycles. The molecule has 208 valence electrons. The Morgan fingerprint density at radius 3 is 2.36 bits per heavy atom. The monoisotopic (exact) mass is 541 g/mol. The van der Waals surface area contributed by atoms with Crippen molar-refractivity contribution >= 4 is 17.6 Å². The number of carbonyl (C=O) groups is 1. The van der Waals surface area contributed by atoms with Crippen LogP contribution in [0, 0.1) is 6.92 Å². The Labute approximate surface area is 226 Å². The van der Waals surface area contributed by atoms with Crippen LogP contribution in [0.15, 0.2) is 47.0 Å². The van der Waals surface area contributed by atoms with Gasteiger partial charge in [-0.1, -0.05) is 30.3 Å². The van der Waals surface area contributed by atoms with Gasteiger partial charge in [-0.3, -0.25) is 9.69 Å². The first-order chi connectivity index (χ1) is 18.8. The van der Waals surface area contributed by atoms with Crippen LogP contribution in [0.25, 0.3) is 0 Å². The normalized spacial score (nSPS) is 17.0. The Hall–Kier alpha value is -3.40. The van der Waals surface area contributed by atoms with Crippen LogP contribution >= 0.6 is 0 Å². The molecule has 2 aromatic heterocycles. The number of piperidine rings is 1. The number of aromatic nitrogens is 2. The van der Waals surface area contributed by atoms with Crippen LogP contribution < -0.4 is 9.80 Å². The van der Waals surface area contributed by atoms with E-state index in [1.807, 2.05) is 6.07 Å². The van der Waals surface area contributed by atoms with Gasteiger partial charge in [0, 0.05) is 58.4 Å². The number of anilines is 2. The van der Waals surface area contributed by atoms with Crippen LogP contribution in [0.2, 0.25) is 0 Å². The van der Waals surface area contributed by atoms with E-state index in [9.17, 15) is 18.0 Å². The molecule has 2 fully saturated rings. The average molecular weight is 542 g/mol. The molecule has 0 amide bonds. The van der Waals surface area contributed by atoms with E-state index in [1.165, 1.54) is 11.1 Å². The second kappa shape index (κ2) is 11.8. The molecule has 5 rings (SSSR count). The maximum Gasteiger partial charge on any atom is 0.437 e. The molecule has 0 atom stereocenters. The zero-order valence-corrected chi connectivity index (χ0v) is 22.2. The molecular weight excluding hydrogens is 507 g/mol. The Morgan fingerprint density at radius 2 is 1.69 bits per heavy atom. The van der Waals surface area contributed by atoms with Gasteiger partial charge in [0.25, 0.3) is 6.01 Å². The molecule has 0 saturated carbocycles. The molecule has 39 heavy (non-hydrogen) atoms. The molecule has 3 aromatic rings. The molecule has 0 spiro atoms. The summed E-state index contributed by atoms with van der Waals surface area (Å²) >= 11 is 0. The lowest BCUT2D eigenvalue weighted by atomic mass is 10.1. The number of aryl methyl sites for hydroxylation is 1. The van der Waals surface area contributed by atoms with Crippen molar-refractivity contribution in [2.24, 2.45) is 0 Å². The number of carbonyl (C=O) groups excluding carboxylic acids is 1. The molecule has 1 aromatic carbocycles. The fraction of sp³-hybridized carbons (Fsp3) is 0.483. The van der Waals surface area contributed by atoms with Gasteiger partial charge in [-0.25, -0.2) is 4.98 Å². The quantitative estimate of drug-likeness (QED) is 0.364. The number of ketones is 1. The number of Topliss-reactive ketones (excluding diaryl/α,β-unsaturated/α-hetero) is 1. The third-order valence-electron chi connectivity index (χ3n) is 7.59. The second-order valence-electron chi connectivity index (χ2n) is 10.3. The number of nitrogens with zero attached hydrogens (tertiary/aromatic N) is 5. The van der Waals surface area contributed by atoms with Gasteiger partial charge in [-0.15, -0.1) is 0 Å². The number of pyridine rings is 1. The number of rotatable bonds is 8. The number of piperazine rings is 1. The summed E-state index contributed by atoms with van der Waals surface area (Å²) < 4.78 is 46.4. The molecule has 2 aliphatic heterocycles. The highest BCUT2D eigenvalue weighted by atomic mass is 19.4. The Balaban J connectivity index is 1.17. The third kappa shape index (κ3) is 6.61. The van der Waals surface area contributed by atoms with E-state index in [1.54, 1.807) is 17.2 Å². The standard InChI is InChI=1S/C29H34F3N5O2/c1-21-7-3-4-8-23(21)11-14-35-15-17-36(18-16-35)25-10-9-22(20-33-25)19-24(38)26-27(29(30,31)32)34-28(39-26)37-12-5-2-6-13-37/h3-4,7-10,20H,2,5-6,11-19H2,1H3. The van der Waals surface area contributed by atoms with Crippen molar-refractivity contribution in [1.29, 1.82) is 0 Å². The van der Waals surface area contributed by atoms with Crippen LogP contribution in [0.4, 0.5) is 25.0 Å². The summed E-state index contributed by atoms with van der Waals surface area (Å²) in [6.45, 7) is 7.82. The first-order valence-corrected chi connectivity index (χ1v) is 13.6. The molecule has 0 unspecified atom stereocenters. The van der Waals surface area contributed by atoms with Crippen LogP contribution in [-0.2, 0) is 19.0 Å². The summed E-state index contributed by atoms with van der Waals surface area (Å²) in [6.07, 6.45) is 0.300. The first-order valence-electron chi connectivity index (χ1n) is 13.6. The Kier molecular flexibility index (Phi) is 8.20. The van der Waals surface area contributed by atoms with E-state index >= 15 is 0 Å². The molecule has 7 nitrogen and oxygen atoms in total. The minimum atomic E-state index is -4.77. The lowest BCUT2D eigenvalue weighted by molar-refractivity contribution is -0.141. The van der Waals surface area contributed by atoms with Gasteiger partial charge in [-0.05, 0) is 55.4 Å². The highest BCUT2D eigenvalue weighted by Gasteiger charge is 2.41. The van der Waals surface area contributed by atoms with E-state index in [0.717, 1.165) is 64.2 Å². The molecule has 0 N–H and O–H groups in total. The molecule has 4 heterocycles. The summed E-state index contributed by atoms with van der Waals surface area (Å²) in [4.78, 5) is 27.4. The Bertz CT molecular complexity index is 1260. The van der Waals surface area contributed by atoms with Crippen LogP contribution in [0.1, 0.15) is 52.2 Å². The fourth-order valence-electron chi connectivity index (χ4n) is 5.25. The van der Waals surface area contributed by atoms with Gasteiger partial charge in [0.15, 0.2) is 5.69 Å². The van der Waals surface area contributed by atoms with Crippen molar-refractivity contribution in [3.8, 4) is 0 Å². The highest BCUT2D eigenvalue weighted by Crippen LogP contribution is 2.35. The lowest BCUT2D eigenvalue weighted by Gasteiger charge is -2.35. The van der Waals surface area contributed by atoms with Gasteiger partial charge in [0.05, 0.1) is 0 Å². The lowest BCUT2D eigenvalue weighted by Crippen LogP contribution is -2.47. The predicted octanol–water partition coefficient (Wildman–Crippen LogP) is 5.18. The largest absolute Gasteiger partial charge is 0.437 e. The first kappa shape index (κ1) is 27.2. The summed E-state index contributed by atoms with van der Waals surface area (Å²) in [5, 5.41) is 0. The fourth-order valence-corrected chi connectivity index (χ4v) is 5.25. The van der Waals surface area contributed by atoms with Gasteiger partial charge in [0.1, 0.15) is 5.82 Å². The van der Waals surface area contributed by atoms with Gasteiger partial charge < -0.3 is 14.2 Å².